The van der Waals surface area contributed by atoms with Crippen LogP contribution in [0.1, 0.15) is 6.92 Å². The molecule has 1 unspecified atom stereocenters. The van der Waals surface area contributed by atoms with Crippen molar-refractivity contribution >= 4 is 17.6 Å². The molecule has 0 aromatic heterocycles. The van der Waals surface area contributed by atoms with Crippen LogP contribution >= 0.6 is 0 Å². The molecule has 1 atom stereocenters. The molecule has 0 radical (unpaired) electrons. The van der Waals surface area contributed by atoms with Crippen LogP contribution in [0.4, 0.5) is 5.69 Å². The summed E-state index contributed by atoms with van der Waals surface area (Å²) in [4.78, 5) is 24.5. The molecule has 0 saturated heterocycles. The maximum atomic E-state index is 11.9. The van der Waals surface area contributed by atoms with Gasteiger partial charge < -0.3 is 20.5 Å². The lowest BCUT2D eigenvalue weighted by molar-refractivity contribution is -0.147. The molecule has 0 spiro atoms. The molecule has 1 aromatic carbocycles. The lowest BCUT2D eigenvalue weighted by Crippen LogP contribution is -2.47. The van der Waals surface area contributed by atoms with Crippen LogP contribution in [0, 0.1) is 0 Å². The number of carbonyl (C=O) groups is 2. The summed E-state index contributed by atoms with van der Waals surface area (Å²) in [6.07, 6.45) is 0. The van der Waals surface area contributed by atoms with Gasteiger partial charge in [0.1, 0.15) is 5.75 Å². The van der Waals surface area contributed by atoms with Gasteiger partial charge in [-0.3, -0.25) is 4.79 Å². The molecule has 0 saturated carbocycles. The van der Waals surface area contributed by atoms with Crippen molar-refractivity contribution in [1.29, 1.82) is 0 Å². The van der Waals surface area contributed by atoms with E-state index in [0.717, 1.165) is 0 Å². The van der Waals surface area contributed by atoms with Crippen molar-refractivity contribution in [1.82, 2.24) is 0 Å². The highest BCUT2D eigenvalue weighted by Crippen LogP contribution is 2.17. The first-order valence-electron chi connectivity index (χ1n) is 5.46. The van der Waals surface area contributed by atoms with E-state index in [1.165, 1.54) is 24.1 Å². The maximum Gasteiger partial charge on any atom is 0.332 e. The van der Waals surface area contributed by atoms with E-state index in [1.54, 1.807) is 19.1 Å². The summed E-state index contributed by atoms with van der Waals surface area (Å²) >= 11 is 0. The lowest BCUT2D eigenvalue weighted by atomic mass is 10.2. The second-order valence-corrected chi connectivity index (χ2v) is 3.64. The Kier molecular flexibility index (Phi) is 4.67. The molecule has 18 heavy (non-hydrogen) atoms. The first kappa shape index (κ1) is 14.0. The summed E-state index contributed by atoms with van der Waals surface area (Å²) in [5.41, 5.74) is 6.03. The van der Waals surface area contributed by atoms with Gasteiger partial charge in [0, 0.05) is 12.7 Å². The van der Waals surface area contributed by atoms with Crippen molar-refractivity contribution in [2.45, 2.75) is 13.0 Å². The molecule has 0 bridgehead atoms. The quantitative estimate of drug-likeness (QED) is 0.591. The number of nitrogens with zero attached hydrogens (tertiary/aromatic N) is 1. The Balaban J connectivity index is 2.77. The van der Waals surface area contributed by atoms with Crippen LogP contribution in [-0.2, 0) is 14.3 Å². The van der Waals surface area contributed by atoms with Gasteiger partial charge in [0.05, 0.1) is 6.61 Å². The highest BCUT2D eigenvalue weighted by molar-refractivity contribution is 6.09. The second kappa shape index (κ2) is 6.02. The molecule has 0 fully saturated rings. The maximum absolute atomic E-state index is 11.9. The number of phenols is 1. The van der Waals surface area contributed by atoms with Crippen LogP contribution in [-0.4, -0.2) is 36.7 Å². The summed E-state index contributed by atoms with van der Waals surface area (Å²) in [6, 6.07) is 4.63. The van der Waals surface area contributed by atoms with Crippen LogP contribution < -0.4 is 10.6 Å². The number of likely N-dealkylation sites (N-methyl/N-ethyl adjacent to an activating group) is 1. The molecule has 0 aliphatic carbocycles. The SMILES string of the molecule is CCOC(=O)C(N)C(=O)N(C)c1ccc(O)cc1. The average Bonchev–Trinajstić information content (AvgIpc) is 2.37. The summed E-state index contributed by atoms with van der Waals surface area (Å²) in [7, 11) is 1.49. The lowest BCUT2D eigenvalue weighted by Gasteiger charge is -2.20. The van der Waals surface area contributed by atoms with Gasteiger partial charge in [-0.2, -0.15) is 0 Å². The Morgan fingerprint density at radius 3 is 2.44 bits per heavy atom. The number of hydrogen-bond acceptors (Lipinski definition) is 5. The molecular weight excluding hydrogens is 236 g/mol. The largest absolute Gasteiger partial charge is 0.508 e. The third-order valence-corrected chi connectivity index (χ3v) is 2.37. The van der Waals surface area contributed by atoms with E-state index < -0.39 is 17.9 Å². The van der Waals surface area contributed by atoms with Crippen molar-refractivity contribution in [3.05, 3.63) is 24.3 Å². The van der Waals surface area contributed by atoms with Crippen molar-refractivity contribution in [3.63, 3.8) is 0 Å². The summed E-state index contributed by atoms with van der Waals surface area (Å²) in [5.74, 6) is -1.23. The Morgan fingerprint density at radius 2 is 1.94 bits per heavy atom. The fourth-order valence-electron chi connectivity index (χ4n) is 1.34. The van der Waals surface area contributed by atoms with Gasteiger partial charge in [0.25, 0.3) is 5.91 Å². The second-order valence-electron chi connectivity index (χ2n) is 3.64. The monoisotopic (exact) mass is 252 g/mol. The van der Waals surface area contributed by atoms with Gasteiger partial charge in [-0.05, 0) is 31.2 Å². The Labute approximate surface area is 105 Å². The summed E-state index contributed by atoms with van der Waals surface area (Å²) in [6.45, 7) is 1.81. The molecule has 6 heteroatoms. The first-order valence-corrected chi connectivity index (χ1v) is 5.46. The zero-order chi connectivity index (χ0) is 13.7. The number of ether oxygens (including phenoxy) is 1. The zero-order valence-corrected chi connectivity index (χ0v) is 10.3. The highest BCUT2D eigenvalue weighted by Gasteiger charge is 2.27. The molecule has 1 rings (SSSR count). The van der Waals surface area contributed by atoms with Crippen LogP contribution in [0.5, 0.6) is 5.75 Å². The number of aromatic hydroxyl groups is 1. The predicted molar refractivity (Wildman–Crippen MR) is 66.1 cm³/mol. The molecule has 0 aliphatic heterocycles. The molecule has 3 N–H and O–H groups in total. The van der Waals surface area contributed by atoms with Gasteiger partial charge in [0.15, 0.2) is 6.04 Å². The molecule has 6 nitrogen and oxygen atoms in total. The number of rotatable bonds is 4. The molecule has 0 aliphatic rings. The standard InChI is InChI=1S/C12H16N2O4/c1-3-18-12(17)10(13)11(16)14(2)8-4-6-9(15)7-5-8/h4-7,10,15H,3,13H2,1-2H3. The fourth-order valence-corrected chi connectivity index (χ4v) is 1.34. The fraction of sp³-hybridized carbons (Fsp3) is 0.333. The van der Waals surface area contributed by atoms with Crippen LogP contribution in [0.15, 0.2) is 24.3 Å². The Hall–Kier alpha value is -2.08. The van der Waals surface area contributed by atoms with Crippen LogP contribution in [0.2, 0.25) is 0 Å². The smallest absolute Gasteiger partial charge is 0.332 e. The van der Waals surface area contributed by atoms with E-state index in [4.69, 9.17) is 10.8 Å². The van der Waals surface area contributed by atoms with Gasteiger partial charge in [-0.25, -0.2) is 4.79 Å². The van der Waals surface area contributed by atoms with Gasteiger partial charge in [0.2, 0.25) is 0 Å². The van der Waals surface area contributed by atoms with Crippen molar-refractivity contribution in [3.8, 4) is 5.75 Å². The van der Waals surface area contributed by atoms with E-state index in [9.17, 15) is 9.59 Å². The Bertz CT molecular complexity index is 430. The molecule has 1 aromatic rings. The minimum Gasteiger partial charge on any atom is -0.508 e. The van der Waals surface area contributed by atoms with E-state index in [-0.39, 0.29) is 12.4 Å². The van der Waals surface area contributed by atoms with Crippen molar-refractivity contribution < 1.29 is 19.4 Å². The number of nitrogens with two attached hydrogens (primary N) is 1. The highest BCUT2D eigenvalue weighted by atomic mass is 16.5. The van der Waals surface area contributed by atoms with Gasteiger partial charge in [-0.15, -0.1) is 0 Å². The number of carbonyl (C=O) groups excluding carboxylic acids is 2. The summed E-state index contributed by atoms with van der Waals surface area (Å²) < 4.78 is 4.68. The zero-order valence-electron chi connectivity index (χ0n) is 10.3. The number of amides is 1. The van der Waals surface area contributed by atoms with Crippen LogP contribution in [0.3, 0.4) is 0 Å². The minimum atomic E-state index is -1.34. The van der Waals surface area contributed by atoms with Crippen molar-refractivity contribution in [2.75, 3.05) is 18.6 Å². The minimum absolute atomic E-state index is 0.0919. The first-order chi connectivity index (χ1) is 8.47. The van der Waals surface area contributed by atoms with Crippen LogP contribution in [0.25, 0.3) is 0 Å². The third-order valence-electron chi connectivity index (χ3n) is 2.37. The van der Waals surface area contributed by atoms with E-state index in [0.29, 0.717) is 5.69 Å². The number of phenolic OH excluding ortho intramolecular Hbond substituents is 1. The topological polar surface area (TPSA) is 92.9 Å². The molecular formula is C12H16N2O4. The normalized spacial score (nSPS) is 11.7. The number of esters is 1. The molecule has 98 valence electrons. The number of anilines is 1. The van der Waals surface area contributed by atoms with E-state index >= 15 is 0 Å². The van der Waals surface area contributed by atoms with E-state index in [2.05, 4.69) is 4.74 Å². The molecule has 0 heterocycles. The Morgan fingerprint density at radius 1 is 1.39 bits per heavy atom. The summed E-state index contributed by atoms with van der Waals surface area (Å²) in [5, 5.41) is 9.14. The predicted octanol–water partition coefficient (Wildman–Crippen LogP) is 0.245. The average molecular weight is 252 g/mol. The number of hydrogen-bond donors (Lipinski definition) is 2. The number of benzene rings is 1. The third kappa shape index (κ3) is 3.21. The van der Waals surface area contributed by atoms with Gasteiger partial charge in [-0.1, -0.05) is 0 Å². The van der Waals surface area contributed by atoms with Crippen molar-refractivity contribution in [2.24, 2.45) is 5.73 Å². The molecule has 1 amide bonds. The van der Waals surface area contributed by atoms with E-state index in [1.807, 2.05) is 0 Å². The van der Waals surface area contributed by atoms with Gasteiger partial charge >= 0.3 is 5.97 Å².